The molecule has 0 spiro atoms. The molecule has 1 aliphatic rings. The Balaban J connectivity index is 1.78. The van der Waals surface area contributed by atoms with Crippen molar-refractivity contribution in [3.8, 4) is 0 Å². The van der Waals surface area contributed by atoms with Gasteiger partial charge in [0, 0.05) is 42.6 Å². The molecule has 2 aromatic carbocycles. The lowest BCUT2D eigenvalue weighted by Gasteiger charge is -2.19. The number of hydrogen-bond donors (Lipinski definition) is 0. The molecule has 2 heterocycles. The van der Waals surface area contributed by atoms with E-state index in [0.717, 1.165) is 39.8 Å². The first-order valence-electron chi connectivity index (χ1n) is 8.58. The highest BCUT2D eigenvalue weighted by molar-refractivity contribution is 6.11. The van der Waals surface area contributed by atoms with Gasteiger partial charge in [0.25, 0.3) is 5.91 Å². The maximum absolute atomic E-state index is 12.9. The highest BCUT2D eigenvalue weighted by atomic mass is 16.2. The van der Waals surface area contributed by atoms with E-state index in [-0.39, 0.29) is 5.91 Å². The topological polar surface area (TPSA) is 36.4 Å². The van der Waals surface area contributed by atoms with Gasteiger partial charge >= 0.3 is 0 Å². The van der Waals surface area contributed by atoms with Crippen LogP contribution in [0.15, 0.2) is 48.7 Å². The lowest BCUT2D eigenvalue weighted by molar-refractivity contribution is 0.0996. The molecule has 1 amide bonds. The monoisotopic (exact) mass is 331 g/mol. The number of nitrogens with zero attached hydrogens (tertiary/aromatic N) is 3. The molecule has 0 atom stereocenters. The van der Waals surface area contributed by atoms with Crippen molar-refractivity contribution in [2.75, 3.05) is 23.9 Å². The summed E-state index contributed by atoms with van der Waals surface area (Å²) in [6.45, 7) is 2.74. The van der Waals surface area contributed by atoms with Crippen LogP contribution in [0.5, 0.6) is 0 Å². The Morgan fingerprint density at radius 2 is 1.96 bits per heavy atom. The quantitative estimate of drug-likeness (QED) is 0.727. The van der Waals surface area contributed by atoms with Crippen molar-refractivity contribution >= 4 is 28.2 Å². The average molecular weight is 331 g/mol. The smallest absolute Gasteiger partial charge is 0.258 e. The van der Waals surface area contributed by atoms with Gasteiger partial charge in [-0.05, 0) is 47.9 Å². The van der Waals surface area contributed by atoms with Crippen molar-refractivity contribution in [1.29, 1.82) is 0 Å². The van der Waals surface area contributed by atoms with Crippen LogP contribution in [0, 0.1) is 0 Å². The molecule has 1 aliphatic heterocycles. The van der Waals surface area contributed by atoms with E-state index in [0.29, 0.717) is 6.54 Å². The molecule has 0 radical (unpaired) electrons. The first-order valence-corrected chi connectivity index (χ1v) is 8.58. The lowest BCUT2D eigenvalue weighted by Crippen LogP contribution is -2.23. The Bertz CT molecular complexity index is 978. The highest BCUT2D eigenvalue weighted by Crippen LogP contribution is 2.33. The van der Waals surface area contributed by atoms with Crippen LogP contribution in [-0.2, 0) is 13.0 Å². The second-order valence-electron chi connectivity index (χ2n) is 6.66. The van der Waals surface area contributed by atoms with Gasteiger partial charge in [-0.15, -0.1) is 0 Å². The number of rotatable bonds is 3. The summed E-state index contributed by atoms with van der Waals surface area (Å²) in [7, 11) is 4.04. The first kappa shape index (κ1) is 15.6. The average Bonchev–Trinajstić information content (AvgIpc) is 2.96. The molecule has 0 bridgehead atoms. The predicted molar refractivity (Wildman–Crippen MR) is 102 cm³/mol. The molecule has 0 saturated heterocycles. The van der Waals surface area contributed by atoms with Crippen LogP contribution in [0.2, 0.25) is 0 Å². The SMILES string of the molecule is CCc1ccc2c(c1)C(=O)N(c1ccc3nccc(N(C)C)c3c1)C2. The zero-order chi connectivity index (χ0) is 17.6. The molecule has 126 valence electrons. The molecule has 25 heavy (non-hydrogen) atoms. The number of aryl methyl sites for hydroxylation is 1. The Morgan fingerprint density at radius 1 is 1.12 bits per heavy atom. The molecule has 0 saturated carbocycles. The Morgan fingerprint density at radius 3 is 2.72 bits per heavy atom. The van der Waals surface area contributed by atoms with Gasteiger partial charge in [0.2, 0.25) is 0 Å². The summed E-state index contributed by atoms with van der Waals surface area (Å²) >= 11 is 0. The van der Waals surface area contributed by atoms with Gasteiger partial charge in [-0.25, -0.2) is 0 Å². The maximum Gasteiger partial charge on any atom is 0.258 e. The fourth-order valence-electron chi connectivity index (χ4n) is 3.45. The number of aromatic nitrogens is 1. The normalized spacial score (nSPS) is 13.4. The van der Waals surface area contributed by atoms with Crippen LogP contribution in [0.3, 0.4) is 0 Å². The van der Waals surface area contributed by atoms with E-state index in [2.05, 4.69) is 35.0 Å². The number of carbonyl (C=O) groups is 1. The number of carbonyl (C=O) groups excluding carboxylic acids is 1. The van der Waals surface area contributed by atoms with Crippen LogP contribution in [0.1, 0.15) is 28.4 Å². The van der Waals surface area contributed by atoms with Crippen LogP contribution in [0.25, 0.3) is 10.9 Å². The van der Waals surface area contributed by atoms with Crippen LogP contribution in [0.4, 0.5) is 11.4 Å². The van der Waals surface area contributed by atoms with Crippen molar-refractivity contribution < 1.29 is 4.79 Å². The summed E-state index contributed by atoms with van der Waals surface area (Å²) < 4.78 is 0. The molecule has 0 fully saturated rings. The van der Waals surface area contributed by atoms with E-state index in [1.807, 2.05) is 49.5 Å². The van der Waals surface area contributed by atoms with E-state index in [9.17, 15) is 4.79 Å². The number of hydrogen-bond acceptors (Lipinski definition) is 3. The predicted octanol–water partition coefficient (Wildman–Crippen LogP) is 4.02. The third kappa shape index (κ3) is 2.54. The summed E-state index contributed by atoms with van der Waals surface area (Å²) in [6, 6.07) is 14.3. The molecule has 0 aliphatic carbocycles. The van der Waals surface area contributed by atoms with Crippen LogP contribution in [-0.4, -0.2) is 25.0 Å². The summed E-state index contributed by atoms with van der Waals surface area (Å²) in [5.74, 6) is 0.0833. The fraction of sp³-hybridized carbons (Fsp3) is 0.238. The van der Waals surface area contributed by atoms with Crippen LogP contribution >= 0.6 is 0 Å². The second kappa shape index (κ2) is 5.88. The maximum atomic E-state index is 12.9. The molecule has 4 heteroatoms. The van der Waals surface area contributed by atoms with Gasteiger partial charge < -0.3 is 9.80 Å². The molecule has 4 rings (SSSR count). The lowest BCUT2D eigenvalue weighted by atomic mass is 10.0. The first-order chi connectivity index (χ1) is 12.1. The fourth-order valence-corrected chi connectivity index (χ4v) is 3.45. The third-order valence-electron chi connectivity index (χ3n) is 4.88. The van der Waals surface area contributed by atoms with Crippen molar-refractivity contribution in [2.45, 2.75) is 19.9 Å². The van der Waals surface area contributed by atoms with Crippen molar-refractivity contribution in [1.82, 2.24) is 4.98 Å². The molecular formula is C21H21N3O. The van der Waals surface area contributed by atoms with Crippen molar-refractivity contribution in [3.63, 3.8) is 0 Å². The van der Waals surface area contributed by atoms with E-state index in [4.69, 9.17) is 0 Å². The Hall–Kier alpha value is -2.88. The van der Waals surface area contributed by atoms with Gasteiger partial charge in [0.1, 0.15) is 0 Å². The third-order valence-corrected chi connectivity index (χ3v) is 4.88. The van der Waals surface area contributed by atoms with E-state index >= 15 is 0 Å². The molecule has 3 aromatic rings. The zero-order valence-corrected chi connectivity index (χ0v) is 14.8. The summed E-state index contributed by atoms with van der Waals surface area (Å²) in [5.41, 5.74) is 6.09. The number of anilines is 2. The Labute approximate surface area is 147 Å². The summed E-state index contributed by atoms with van der Waals surface area (Å²) in [4.78, 5) is 21.3. The summed E-state index contributed by atoms with van der Waals surface area (Å²) in [5, 5.41) is 1.06. The van der Waals surface area contributed by atoms with Crippen LogP contribution < -0.4 is 9.80 Å². The molecular weight excluding hydrogens is 310 g/mol. The van der Waals surface area contributed by atoms with E-state index < -0.39 is 0 Å². The zero-order valence-electron chi connectivity index (χ0n) is 14.8. The molecule has 4 nitrogen and oxygen atoms in total. The second-order valence-corrected chi connectivity index (χ2v) is 6.66. The minimum absolute atomic E-state index is 0.0833. The van der Waals surface area contributed by atoms with Gasteiger partial charge in [-0.2, -0.15) is 0 Å². The molecule has 1 aromatic heterocycles. The minimum atomic E-state index is 0.0833. The largest absolute Gasteiger partial charge is 0.377 e. The van der Waals surface area contributed by atoms with E-state index in [1.165, 1.54) is 5.56 Å². The van der Waals surface area contributed by atoms with Crippen molar-refractivity contribution in [2.24, 2.45) is 0 Å². The van der Waals surface area contributed by atoms with Crippen molar-refractivity contribution in [3.05, 3.63) is 65.4 Å². The highest BCUT2D eigenvalue weighted by Gasteiger charge is 2.28. The molecule has 0 N–H and O–H groups in total. The van der Waals surface area contributed by atoms with Gasteiger partial charge in [-0.1, -0.05) is 19.1 Å². The molecule has 0 unspecified atom stereocenters. The Kier molecular flexibility index (Phi) is 3.68. The number of fused-ring (bicyclic) bond motifs is 2. The minimum Gasteiger partial charge on any atom is -0.377 e. The van der Waals surface area contributed by atoms with Gasteiger partial charge in [-0.3, -0.25) is 9.78 Å². The van der Waals surface area contributed by atoms with E-state index in [1.54, 1.807) is 0 Å². The summed E-state index contributed by atoms with van der Waals surface area (Å²) in [6.07, 6.45) is 2.76. The standard InChI is InChI=1S/C21H21N3O/c1-4-14-5-6-15-13-24(21(25)17(15)11-14)16-7-8-19-18(12-16)20(23(2)3)9-10-22-19/h5-12H,4,13H2,1-3H3. The van der Waals surface area contributed by atoms with Gasteiger partial charge in [0.15, 0.2) is 0 Å². The number of benzene rings is 2. The number of amides is 1. The van der Waals surface area contributed by atoms with Gasteiger partial charge in [0.05, 0.1) is 12.1 Å². The number of pyridine rings is 1.